The Labute approximate surface area is 108 Å². The molecule has 0 atom stereocenters. The highest BCUT2D eigenvalue weighted by atomic mass is 15.1. The topological polar surface area (TPSA) is 57.9 Å². The van der Waals surface area contributed by atoms with E-state index in [2.05, 4.69) is 40.1 Å². The number of H-pyrrole nitrogens is 1. The lowest BCUT2D eigenvalue weighted by molar-refractivity contribution is 0.335. The van der Waals surface area contributed by atoms with E-state index in [9.17, 15) is 0 Å². The molecule has 98 valence electrons. The Morgan fingerprint density at radius 2 is 2.17 bits per heavy atom. The molecule has 3 N–H and O–H groups in total. The number of nitrogens with one attached hydrogen (secondary N) is 1. The van der Waals surface area contributed by atoms with Crippen molar-refractivity contribution in [1.82, 2.24) is 14.9 Å². The van der Waals surface area contributed by atoms with Crippen LogP contribution in [-0.4, -0.2) is 41.5 Å². The van der Waals surface area contributed by atoms with E-state index in [0.29, 0.717) is 0 Å². The minimum Gasteiger partial charge on any atom is -0.342 e. The van der Waals surface area contributed by atoms with Crippen molar-refractivity contribution >= 4 is 11.0 Å². The molecule has 2 aromatic rings. The van der Waals surface area contributed by atoms with Crippen molar-refractivity contribution in [1.29, 1.82) is 0 Å². The molecule has 0 saturated heterocycles. The maximum absolute atomic E-state index is 5.51. The lowest BCUT2D eigenvalue weighted by atomic mass is 10.1. The second-order valence-electron chi connectivity index (χ2n) is 4.87. The van der Waals surface area contributed by atoms with E-state index in [1.807, 2.05) is 6.92 Å². The summed E-state index contributed by atoms with van der Waals surface area (Å²) in [5.41, 5.74) is 9.05. The molecule has 0 aliphatic carbocycles. The molecule has 0 aliphatic rings. The van der Waals surface area contributed by atoms with Crippen molar-refractivity contribution in [3.63, 3.8) is 0 Å². The van der Waals surface area contributed by atoms with Crippen molar-refractivity contribution in [2.75, 3.05) is 26.7 Å². The monoisotopic (exact) mass is 246 g/mol. The number of benzene rings is 1. The molecule has 18 heavy (non-hydrogen) atoms. The molecule has 0 saturated carbocycles. The smallest absolute Gasteiger partial charge is 0.104 e. The number of aromatic amines is 1. The number of imidazole rings is 1. The van der Waals surface area contributed by atoms with Crippen LogP contribution in [0.2, 0.25) is 0 Å². The fourth-order valence-corrected chi connectivity index (χ4v) is 2.13. The Morgan fingerprint density at radius 3 is 2.94 bits per heavy atom. The molecule has 0 amide bonds. The predicted molar refractivity (Wildman–Crippen MR) is 75.7 cm³/mol. The highest BCUT2D eigenvalue weighted by molar-refractivity contribution is 5.75. The second kappa shape index (κ2) is 5.98. The van der Waals surface area contributed by atoms with Gasteiger partial charge in [-0.15, -0.1) is 0 Å². The van der Waals surface area contributed by atoms with Gasteiger partial charge in [0.2, 0.25) is 0 Å². The maximum Gasteiger partial charge on any atom is 0.104 e. The first-order valence-electron chi connectivity index (χ1n) is 6.53. The summed E-state index contributed by atoms with van der Waals surface area (Å²) in [5, 5.41) is 0. The van der Waals surface area contributed by atoms with Crippen molar-refractivity contribution in [3.05, 3.63) is 29.6 Å². The van der Waals surface area contributed by atoms with E-state index in [0.717, 1.165) is 49.3 Å². The molecule has 0 aliphatic heterocycles. The fraction of sp³-hybridized carbons (Fsp3) is 0.500. The lowest BCUT2D eigenvalue weighted by Gasteiger charge is -2.15. The zero-order valence-corrected chi connectivity index (χ0v) is 11.2. The fourth-order valence-electron chi connectivity index (χ4n) is 2.13. The summed E-state index contributed by atoms with van der Waals surface area (Å²) in [4.78, 5) is 10.0. The third kappa shape index (κ3) is 3.31. The molecule has 2 rings (SSSR count). The van der Waals surface area contributed by atoms with Gasteiger partial charge in [0, 0.05) is 6.54 Å². The van der Waals surface area contributed by atoms with Crippen LogP contribution in [0, 0.1) is 6.92 Å². The highest BCUT2D eigenvalue weighted by Crippen LogP contribution is 2.14. The molecule has 1 aromatic carbocycles. The van der Waals surface area contributed by atoms with Crippen LogP contribution in [0.15, 0.2) is 18.2 Å². The summed E-state index contributed by atoms with van der Waals surface area (Å²) in [6.45, 7) is 4.89. The summed E-state index contributed by atoms with van der Waals surface area (Å²) >= 11 is 0. The Hall–Kier alpha value is -1.39. The molecule has 0 fully saturated rings. The largest absolute Gasteiger partial charge is 0.342 e. The SMILES string of the molecule is Cc1nc2ccc(CCN(C)CCCN)cc2[nH]1. The van der Waals surface area contributed by atoms with Gasteiger partial charge in [-0.3, -0.25) is 0 Å². The van der Waals surface area contributed by atoms with Gasteiger partial charge >= 0.3 is 0 Å². The number of likely N-dealkylation sites (N-methyl/N-ethyl adjacent to an activating group) is 1. The average molecular weight is 246 g/mol. The quantitative estimate of drug-likeness (QED) is 0.815. The van der Waals surface area contributed by atoms with Crippen LogP contribution in [0.1, 0.15) is 17.8 Å². The Bertz CT molecular complexity index is 503. The van der Waals surface area contributed by atoms with Gasteiger partial charge in [-0.05, 0) is 57.6 Å². The second-order valence-corrected chi connectivity index (χ2v) is 4.87. The highest BCUT2D eigenvalue weighted by Gasteiger charge is 2.02. The van der Waals surface area contributed by atoms with Crippen LogP contribution in [-0.2, 0) is 6.42 Å². The number of nitrogens with zero attached hydrogens (tertiary/aromatic N) is 2. The molecule has 1 aromatic heterocycles. The van der Waals surface area contributed by atoms with Gasteiger partial charge < -0.3 is 15.6 Å². The van der Waals surface area contributed by atoms with Crippen LogP contribution in [0.4, 0.5) is 0 Å². The van der Waals surface area contributed by atoms with E-state index in [1.165, 1.54) is 5.56 Å². The summed E-state index contributed by atoms with van der Waals surface area (Å²) in [7, 11) is 2.15. The third-order valence-corrected chi connectivity index (χ3v) is 3.19. The Kier molecular flexibility index (Phi) is 4.33. The zero-order chi connectivity index (χ0) is 13.0. The molecule has 0 unspecified atom stereocenters. The summed E-state index contributed by atoms with van der Waals surface area (Å²) in [5.74, 6) is 0.974. The van der Waals surface area contributed by atoms with Crippen LogP contribution >= 0.6 is 0 Å². The van der Waals surface area contributed by atoms with Crippen molar-refractivity contribution < 1.29 is 0 Å². The number of aryl methyl sites for hydroxylation is 1. The molecule has 0 bridgehead atoms. The van der Waals surface area contributed by atoms with Gasteiger partial charge in [-0.25, -0.2) is 4.98 Å². The molecule has 4 nitrogen and oxygen atoms in total. The minimum absolute atomic E-state index is 0.768. The molecule has 0 radical (unpaired) electrons. The number of rotatable bonds is 6. The third-order valence-electron chi connectivity index (χ3n) is 3.19. The van der Waals surface area contributed by atoms with Gasteiger partial charge in [0.15, 0.2) is 0 Å². The van der Waals surface area contributed by atoms with Crippen LogP contribution < -0.4 is 5.73 Å². The molecule has 0 spiro atoms. The van der Waals surface area contributed by atoms with Crippen LogP contribution in [0.3, 0.4) is 0 Å². The Balaban J connectivity index is 1.95. The van der Waals surface area contributed by atoms with E-state index < -0.39 is 0 Å². The number of nitrogens with two attached hydrogens (primary N) is 1. The average Bonchev–Trinajstić information content (AvgIpc) is 2.73. The number of aromatic nitrogens is 2. The molecule has 1 heterocycles. The standard InChI is InChI=1S/C14H22N4/c1-11-16-13-5-4-12(10-14(13)17-11)6-9-18(2)8-3-7-15/h4-5,10H,3,6-9,15H2,1-2H3,(H,16,17). The lowest BCUT2D eigenvalue weighted by Crippen LogP contribution is -2.24. The summed E-state index contributed by atoms with van der Waals surface area (Å²) < 4.78 is 0. The number of fused-ring (bicyclic) bond motifs is 1. The zero-order valence-electron chi connectivity index (χ0n) is 11.2. The van der Waals surface area contributed by atoms with Crippen LogP contribution in [0.25, 0.3) is 11.0 Å². The van der Waals surface area contributed by atoms with Crippen LogP contribution in [0.5, 0.6) is 0 Å². The first-order valence-corrected chi connectivity index (χ1v) is 6.53. The van der Waals surface area contributed by atoms with Crippen molar-refractivity contribution in [3.8, 4) is 0 Å². The van der Waals surface area contributed by atoms with Gasteiger partial charge in [0.25, 0.3) is 0 Å². The van der Waals surface area contributed by atoms with E-state index in [-0.39, 0.29) is 0 Å². The van der Waals surface area contributed by atoms with Crippen molar-refractivity contribution in [2.24, 2.45) is 5.73 Å². The summed E-state index contributed by atoms with van der Waals surface area (Å²) in [6.07, 6.45) is 2.13. The Morgan fingerprint density at radius 1 is 1.33 bits per heavy atom. The van der Waals surface area contributed by atoms with Gasteiger partial charge in [0.05, 0.1) is 11.0 Å². The summed E-state index contributed by atoms with van der Waals surface area (Å²) in [6, 6.07) is 6.46. The maximum atomic E-state index is 5.51. The number of hydrogen-bond donors (Lipinski definition) is 2. The van der Waals surface area contributed by atoms with E-state index in [4.69, 9.17) is 5.73 Å². The van der Waals surface area contributed by atoms with Crippen molar-refractivity contribution in [2.45, 2.75) is 19.8 Å². The number of hydrogen-bond acceptors (Lipinski definition) is 3. The van der Waals surface area contributed by atoms with Gasteiger partial charge in [-0.1, -0.05) is 6.07 Å². The first-order chi connectivity index (χ1) is 8.69. The normalized spacial score (nSPS) is 11.6. The van der Waals surface area contributed by atoms with Gasteiger partial charge in [0.1, 0.15) is 5.82 Å². The molecular weight excluding hydrogens is 224 g/mol. The van der Waals surface area contributed by atoms with E-state index in [1.54, 1.807) is 0 Å². The first kappa shape index (κ1) is 13.1. The predicted octanol–water partition coefficient (Wildman–Crippen LogP) is 1.69. The molecular formula is C14H22N4. The minimum atomic E-state index is 0.768. The van der Waals surface area contributed by atoms with E-state index >= 15 is 0 Å². The van der Waals surface area contributed by atoms with Gasteiger partial charge in [-0.2, -0.15) is 0 Å². The molecule has 4 heteroatoms.